The minimum atomic E-state index is -0.0823. The highest BCUT2D eigenvalue weighted by molar-refractivity contribution is 6.02. The quantitative estimate of drug-likeness (QED) is 0.233. The molecule has 2 saturated carbocycles. The van der Waals surface area contributed by atoms with Gasteiger partial charge >= 0.3 is 0 Å². The third-order valence-corrected chi connectivity index (χ3v) is 10.9. The highest BCUT2D eigenvalue weighted by Gasteiger charge is 2.41. The highest BCUT2D eigenvalue weighted by atomic mass is 16.5. The molecule has 3 N–H and O–H groups in total. The topological polar surface area (TPSA) is 111 Å². The number of imidazole rings is 1. The van der Waals surface area contributed by atoms with Crippen LogP contribution < -0.4 is 16.0 Å². The van der Waals surface area contributed by atoms with E-state index in [9.17, 15) is 9.59 Å². The van der Waals surface area contributed by atoms with E-state index >= 15 is 0 Å². The van der Waals surface area contributed by atoms with Gasteiger partial charge in [-0.05, 0) is 91.3 Å². The van der Waals surface area contributed by atoms with E-state index in [1.54, 1.807) is 13.3 Å². The average molecular weight is 627 g/mol. The predicted octanol–water partition coefficient (Wildman–Crippen LogP) is 6.07. The van der Waals surface area contributed by atoms with Gasteiger partial charge in [-0.3, -0.25) is 9.59 Å². The molecule has 3 aromatic carbocycles. The predicted molar refractivity (Wildman–Crippen MR) is 185 cm³/mol. The van der Waals surface area contributed by atoms with E-state index in [1.807, 2.05) is 42.3 Å². The number of carbonyl (C=O) groups is 1. The van der Waals surface area contributed by atoms with Gasteiger partial charge in [0, 0.05) is 60.3 Å². The van der Waals surface area contributed by atoms with E-state index in [2.05, 4.69) is 44.5 Å². The van der Waals surface area contributed by atoms with Crippen molar-refractivity contribution in [3.8, 4) is 28.4 Å². The number of pyridine rings is 1. The number of carbonyl (C=O) groups excluding carboxylic acids is 1. The number of nitrogens with two attached hydrogens (primary N) is 1. The molecule has 9 heteroatoms. The average Bonchev–Trinajstić information content (AvgIpc) is 3.76. The van der Waals surface area contributed by atoms with Crippen LogP contribution in [-0.2, 0) is 13.6 Å². The minimum absolute atomic E-state index is 0.0314. The molecular weight excluding hydrogens is 588 g/mol. The Bertz CT molecular complexity index is 2290. The van der Waals surface area contributed by atoms with Crippen LogP contribution in [0.5, 0.6) is 5.75 Å². The number of hydrogen-bond acceptors (Lipinski definition) is 5. The number of fused-ring (bicyclic) bond motifs is 6. The van der Waals surface area contributed by atoms with Crippen LogP contribution in [0, 0.1) is 11.8 Å². The molecule has 0 unspecified atom stereocenters. The molecule has 2 bridgehead atoms. The van der Waals surface area contributed by atoms with E-state index in [0.29, 0.717) is 28.5 Å². The lowest BCUT2D eigenvalue weighted by Crippen LogP contribution is -2.58. The minimum Gasteiger partial charge on any atom is -0.494 e. The first-order valence-electron chi connectivity index (χ1n) is 16.7. The molecule has 0 spiro atoms. The van der Waals surface area contributed by atoms with Crippen molar-refractivity contribution in [3.63, 3.8) is 0 Å². The maximum atomic E-state index is 13.9. The van der Waals surface area contributed by atoms with Crippen molar-refractivity contribution in [2.45, 2.75) is 50.7 Å². The third-order valence-electron chi connectivity index (χ3n) is 10.9. The molecule has 2 aliphatic heterocycles. The fraction of sp³-hybridized carbons (Fsp3) is 0.342. The number of amides is 1. The number of aryl methyl sites for hydroxylation is 1. The number of aromatic amines is 1. The smallest absolute Gasteiger partial charge is 0.255 e. The number of nitrogens with zero attached hydrogens (tertiary/aromatic N) is 4. The van der Waals surface area contributed by atoms with E-state index in [4.69, 9.17) is 15.5 Å². The molecule has 5 heterocycles. The molecule has 2 aliphatic carbocycles. The van der Waals surface area contributed by atoms with Crippen LogP contribution in [0.2, 0.25) is 0 Å². The lowest BCUT2D eigenvalue weighted by Gasteiger charge is -2.48. The lowest BCUT2D eigenvalue weighted by atomic mass is 9.76. The van der Waals surface area contributed by atoms with Crippen molar-refractivity contribution < 1.29 is 9.53 Å². The van der Waals surface area contributed by atoms with Crippen LogP contribution in [-0.4, -0.2) is 55.6 Å². The van der Waals surface area contributed by atoms with Crippen LogP contribution in [0.1, 0.15) is 42.5 Å². The van der Waals surface area contributed by atoms with Gasteiger partial charge in [-0.15, -0.1) is 0 Å². The van der Waals surface area contributed by atoms with Crippen molar-refractivity contribution in [2.75, 3.05) is 13.7 Å². The summed E-state index contributed by atoms with van der Waals surface area (Å²) >= 11 is 0. The standard InChI is InChI=1S/C38H38N6O3/c1-42-35-31(15-26(17-33(35)47-2)38(46)43-20-25-8-10-27(43)18-30(25)39)41-36(42)32-16-24-4-3-5-28(34(24)44(32)19-21-6-7-21)22-9-11-29-23(14-22)12-13-40-37(29)45/h3-5,9,11-17,21,25,27,30H,6-8,10,18-20,39H2,1-2H3,(H,40,45)/t25-,27-,30+/m1/s1. The number of rotatable bonds is 6. The van der Waals surface area contributed by atoms with Crippen molar-refractivity contribution >= 4 is 38.6 Å². The molecule has 238 valence electrons. The SMILES string of the molecule is COc1cc(C(=O)N2C[C@H]3CC[C@@H]2C[C@@H]3N)cc2nc(-c3cc4cccc(-c5ccc6c(=O)[nH]ccc6c5)c4n3CC3CC3)n(C)c12. The van der Waals surface area contributed by atoms with Crippen molar-refractivity contribution in [1.29, 1.82) is 0 Å². The summed E-state index contributed by atoms with van der Waals surface area (Å²) in [5, 5.41) is 2.73. The van der Waals surface area contributed by atoms with Crippen LogP contribution >= 0.6 is 0 Å². The number of methoxy groups -OCH3 is 1. The molecule has 0 radical (unpaired) electrons. The summed E-state index contributed by atoms with van der Waals surface area (Å²) in [6.45, 7) is 1.61. The zero-order valence-corrected chi connectivity index (χ0v) is 26.7. The molecule has 4 fully saturated rings. The lowest BCUT2D eigenvalue weighted by molar-refractivity contribution is 0.0261. The maximum absolute atomic E-state index is 13.9. The Balaban J connectivity index is 1.18. The number of nitrogens with one attached hydrogen (secondary N) is 1. The molecule has 10 rings (SSSR count). The number of aromatic nitrogens is 4. The van der Waals surface area contributed by atoms with E-state index in [0.717, 1.165) is 82.3 Å². The van der Waals surface area contributed by atoms with Crippen molar-refractivity contribution in [1.82, 2.24) is 24.0 Å². The summed E-state index contributed by atoms with van der Waals surface area (Å²) in [7, 11) is 3.69. The Kier molecular flexibility index (Phi) is 6.37. The summed E-state index contributed by atoms with van der Waals surface area (Å²) in [4.78, 5) is 36.3. The van der Waals surface area contributed by atoms with Crippen molar-refractivity contribution in [3.05, 3.63) is 82.8 Å². The number of para-hydroxylation sites is 1. The van der Waals surface area contributed by atoms with E-state index < -0.39 is 0 Å². The largest absolute Gasteiger partial charge is 0.494 e. The summed E-state index contributed by atoms with van der Waals surface area (Å²) in [5.74, 6) is 2.49. The zero-order chi connectivity index (χ0) is 32.0. The zero-order valence-electron chi connectivity index (χ0n) is 26.7. The first kappa shape index (κ1) is 28.3. The fourth-order valence-electron chi connectivity index (χ4n) is 8.24. The molecule has 47 heavy (non-hydrogen) atoms. The van der Waals surface area contributed by atoms with Gasteiger partial charge in [0.2, 0.25) is 0 Å². The number of piperidine rings is 2. The van der Waals surface area contributed by atoms with Crippen LogP contribution in [0.25, 0.3) is 55.4 Å². The number of hydrogen-bond donors (Lipinski definition) is 2. The molecule has 9 nitrogen and oxygen atoms in total. The normalized spacial score (nSPS) is 20.9. The fourth-order valence-corrected chi connectivity index (χ4v) is 8.24. The highest BCUT2D eigenvalue weighted by Crippen LogP contribution is 2.41. The van der Waals surface area contributed by atoms with Crippen molar-refractivity contribution in [2.24, 2.45) is 24.6 Å². The van der Waals surface area contributed by atoms with Gasteiger partial charge in [-0.25, -0.2) is 4.98 Å². The molecule has 2 saturated heterocycles. The molecule has 6 aromatic rings. The van der Waals surface area contributed by atoms with Crippen LogP contribution in [0.3, 0.4) is 0 Å². The third kappa shape index (κ3) is 4.51. The molecule has 1 amide bonds. The van der Waals surface area contributed by atoms with Gasteiger partial charge in [-0.2, -0.15) is 0 Å². The van der Waals surface area contributed by atoms with Gasteiger partial charge < -0.3 is 29.5 Å². The maximum Gasteiger partial charge on any atom is 0.255 e. The number of benzene rings is 3. The van der Waals surface area contributed by atoms with E-state index in [-0.39, 0.29) is 23.6 Å². The van der Waals surface area contributed by atoms with Crippen LogP contribution in [0.4, 0.5) is 0 Å². The number of H-pyrrole nitrogens is 1. The van der Waals surface area contributed by atoms with Gasteiger partial charge in [0.05, 0.1) is 23.8 Å². The molecular formula is C38H38N6O3. The van der Waals surface area contributed by atoms with Gasteiger partial charge in [-0.1, -0.05) is 24.3 Å². The van der Waals surface area contributed by atoms with Gasteiger partial charge in [0.15, 0.2) is 5.82 Å². The van der Waals surface area contributed by atoms with Gasteiger partial charge in [0.25, 0.3) is 11.5 Å². The Morgan fingerprint density at radius 3 is 2.66 bits per heavy atom. The van der Waals surface area contributed by atoms with E-state index in [1.165, 1.54) is 12.8 Å². The molecule has 3 atom stereocenters. The molecule has 3 aromatic heterocycles. The van der Waals surface area contributed by atoms with Crippen LogP contribution in [0.15, 0.2) is 71.7 Å². The second kappa shape index (κ2) is 10.6. The first-order valence-corrected chi connectivity index (χ1v) is 16.7. The molecule has 4 aliphatic rings. The number of ether oxygens (including phenoxy) is 1. The Morgan fingerprint density at radius 1 is 1.02 bits per heavy atom. The Labute approximate surface area is 271 Å². The summed E-state index contributed by atoms with van der Waals surface area (Å²) in [6.07, 6.45) is 7.11. The first-order chi connectivity index (χ1) is 22.9. The Morgan fingerprint density at radius 2 is 1.89 bits per heavy atom. The Hall–Kier alpha value is -4.89. The summed E-state index contributed by atoms with van der Waals surface area (Å²) in [6, 6.07) is 20.9. The second-order valence-electron chi connectivity index (χ2n) is 13.8. The summed E-state index contributed by atoms with van der Waals surface area (Å²) < 4.78 is 10.4. The monoisotopic (exact) mass is 626 g/mol. The second-order valence-corrected chi connectivity index (χ2v) is 13.8. The summed E-state index contributed by atoms with van der Waals surface area (Å²) in [5.41, 5.74) is 12.9. The van der Waals surface area contributed by atoms with Gasteiger partial charge in [0.1, 0.15) is 11.3 Å².